The zero-order valence-corrected chi connectivity index (χ0v) is 22.2. The van der Waals surface area contributed by atoms with Gasteiger partial charge in [0.05, 0.1) is 25.4 Å². The fourth-order valence-electron chi connectivity index (χ4n) is 5.17. The number of hydrogen-bond acceptors (Lipinski definition) is 8. The minimum atomic E-state index is -0.897. The quantitative estimate of drug-likeness (QED) is 0.426. The molecule has 0 spiro atoms. The molecular weight excluding hydrogens is 488 g/mol. The molecule has 0 unspecified atom stereocenters. The first-order valence-corrected chi connectivity index (χ1v) is 13.2. The van der Waals surface area contributed by atoms with Gasteiger partial charge in [-0.05, 0) is 49.6 Å². The molecule has 38 heavy (non-hydrogen) atoms. The van der Waals surface area contributed by atoms with Crippen molar-refractivity contribution in [3.8, 4) is 0 Å². The second kappa shape index (κ2) is 12.8. The molecule has 2 aromatic rings. The summed E-state index contributed by atoms with van der Waals surface area (Å²) in [4.78, 5) is 25.7. The second-order valence-electron chi connectivity index (χ2n) is 10.2. The van der Waals surface area contributed by atoms with Crippen LogP contribution in [0.2, 0.25) is 0 Å². The van der Waals surface area contributed by atoms with Gasteiger partial charge in [0, 0.05) is 36.7 Å². The van der Waals surface area contributed by atoms with Crippen molar-refractivity contribution in [1.82, 2.24) is 4.90 Å². The average Bonchev–Trinajstić information content (AvgIpc) is 3.37. The van der Waals surface area contributed by atoms with Crippen molar-refractivity contribution in [1.29, 1.82) is 0 Å². The fourth-order valence-corrected chi connectivity index (χ4v) is 5.17. The summed E-state index contributed by atoms with van der Waals surface area (Å²) in [6.45, 7) is 6.65. The number of esters is 1. The lowest BCUT2D eigenvalue weighted by Crippen LogP contribution is -2.46. The number of aliphatic hydroxyl groups is 2. The summed E-state index contributed by atoms with van der Waals surface area (Å²) in [5.74, 6) is -0.881. The molecule has 3 N–H and O–H groups in total. The number of carbonyl (C=O) groups is 2. The number of nitrogens with one attached hydrogen (secondary N) is 1. The van der Waals surface area contributed by atoms with Crippen LogP contribution in [0.5, 0.6) is 0 Å². The van der Waals surface area contributed by atoms with Crippen molar-refractivity contribution < 1.29 is 34.0 Å². The van der Waals surface area contributed by atoms with Crippen LogP contribution in [0.25, 0.3) is 0 Å². The molecule has 4 rings (SSSR count). The molecule has 9 heteroatoms. The van der Waals surface area contributed by atoms with E-state index in [1.165, 1.54) is 13.8 Å². The molecule has 2 fully saturated rings. The number of benzene rings is 2. The average molecular weight is 527 g/mol. The van der Waals surface area contributed by atoms with Crippen molar-refractivity contribution in [2.45, 2.75) is 70.9 Å². The number of carbonyl (C=O) groups excluding carboxylic acids is 2. The van der Waals surface area contributed by atoms with Gasteiger partial charge in [-0.2, -0.15) is 0 Å². The zero-order valence-electron chi connectivity index (χ0n) is 22.2. The highest BCUT2D eigenvalue weighted by atomic mass is 16.7. The Bertz CT molecular complexity index is 1080. The lowest BCUT2D eigenvalue weighted by molar-refractivity contribution is -0.276. The SMILES string of the molecule is CC(=O)O[C@@H](C)C(=O)Nc1ccc([C@H]2O[C@@H](CN3CCC[C@H]3CO)[C@@H](C)[C@@H](c3ccc(CO)cc3)O2)cc1. The minimum absolute atomic E-state index is 0.0181. The predicted molar refractivity (Wildman–Crippen MR) is 141 cm³/mol. The molecule has 2 heterocycles. The smallest absolute Gasteiger partial charge is 0.303 e. The first-order valence-electron chi connectivity index (χ1n) is 13.2. The summed E-state index contributed by atoms with van der Waals surface area (Å²) in [5, 5.41) is 22.0. The Morgan fingerprint density at radius 3 is 2.39 bits per heavy atom. The molecule has 2 aliphatic rings. The highest BCUT2D eigenvalue weighted by molar-refractivity contribution is 5.94. The van der Waals surface area contributed by atoms with Crippen molar-refractivity contribution in [2.24, 2.45) is 5.92 Å². The highest BCUT2D eigenvalue weighted by Gasteiger charge is 2.40. The Labute approximate surface area is 223 Å². The van der Waals surface area contributed by atoms with Crippen LogP contribution in [-0.2, 0) is 30.4 Å². The number of likely N-dealkylation sites (tertiary alicyclic amines) is 1. The molecule has 9 nitrogen and oxygen atoms in total. The van der Waals surface area contributed by atoms with E-state index < -0.39 is 24.3 Å². The van der Waals surface area contributed by atoms with Crippen LogP contribution in [0.15, 0.2) is 48.5 Å². The summed E-state index contributed by atoms with van der Waals surface area (Å²) >= 11 is 0. The number of amides is 1. The van der Waals surface area contributed by atoms with Crippen LogP contribution in [0.1, 0.15) is 62.7 Å². The Balaban J connectivity index is 1.52. The van der Waals surface area contributed by atoms with Crippen LogP contribution in [0, 0.1) is 5.92 Å². The van der Waals surface area contributed by atoms with Crippen LogP contribution >= 0.6 is 0 Å². The zero-order chi connectivity index (χ0) is 27.2. The molecule has 0 bridgehead atoms. The number of aliphatic hydroxyl groups excluding tert-OH is 2. The van der Waals surface area contributed by atoms with E-state index in [9.17, 15) is 19.8 Å². The molecule has 6 atom stereocenters. The molecule has 2 saturated heterocycles. The molecule has 206 valence electrons. The molecule has 0 radical (unpaired) electrons. The van der Waals surface area contributed by atoms with E-state index >= 15 is 0 Å². The van der Waals surface area contributed by atoms with Gasteiger partial charge in [0.25, 0.3) is 5.91 Å². The van der Waals surface area contributed by atoms with E-state index in [0.717, 1.165) is 36.1 Å². The highest BCUT2D eigenvalue weighted by Crippen LogP contribution is 2.42. The van der Waals surface area contributed by atoms with Gasteiger partial charge in [0.1, 0.15) is 0 Å². The molecule has 2 aliphatic heterocycles. The van der Waals surface area contributed by atoms with Gasteiger partial charge in [-0.3, -0.25) is 14.5 Å². The lowest BCUT2D eigenvalue weighted by Gasteiger charge is -2.43. The standard InChI is InChI=1S/C29H38N2O7/c1-18-26(15-31-14-4-5-25(31)17-33)37-29(38-27(18)22-8-6-21(16-32)7-9-22)23-10-12-24(13-11-23)30-28(35)19(2)36-20(3)34/h6-13,18-19,25-27,29,32-33H,4-5,14-17H2,1-3H3,(H,30,35)/t18-,19+,25+,26+,27+,29+/m1/s1. The lowest BCUT2D eigenvalue weighted by atomic mass is 9.90. The van der Waals surface area contributed by atoms with E-state index in [2.05, 4.69) is 17.1 Å². The molecule has 0 saturated carbocycles. The topological polar surface area (TPSA) is 118 Å². The number of rotatable bonds is 9. The summed E-state index contributed by atoms with van der Waals surface area (Å²) < 4.78 is 17.9. The summed E-state index contributed by atoms with van der Waals surface area (Å²) in [6, 6.07) is 15.2. The minimum Gasteiger partial charge on any atom is -0.453 e. The Morgan fingerprint density at radius 2 is 1.76 bits per heavy atom. The Morgan fingerprint density at radius 1 is 1.08 bits per heavy atom. The van der Waals surface area contributed by atoms with Crippen molar-refractivity contribution in [3.63, 3.8) is 0 Å². The van der Waals surface area contributed by atoms with E-state index in [-0.39, 0.29) is 37.4 Å². The summed E-state index contributed by atoms with van der Waals surface area (Å²) in [6.07, 6.45) is 0.149. The van der Waals surface area contributed by atoms with Gasteiger partial charge >= 0.3 is 5.97 Å². The van der Waals surface area contributed by atoms with Crippen LogP contribution in [0.4, 0.5) is 5.69 Å². The molecule has 0 aliphatic carbocycles. The van der Waals surface area contributed by atoms with Gasteiger partial charge in [-0.25, -0.2) is 0 Å². The molecule has 2 aromatic carbocycles. The second-order valence-corrected chi connectivity index (χ2v) is 10.2. The normalized spacial score (nSPS) is 26.6. The van der Waals surface area contributed by atoms with Crippen molar-refractivity contribution in [3.05, 3.63) is 65.2 Å². The predicted octanol–water partition coefficient (Wildman–Crippen LogP) is 3.32. The molecule has 0 aromatic heterocycles. The third-order valence-electron chi connectivity index (χ3n) is 7.41. The summed E-state index contributed by atoms with van der Waals surface area (Å²) in [7, 11) is 0. The van der Waals surface area contributed by atoms with Crippen LogP contribution in [0.3, 0.4) is 0 Å². The largest absolute Gasteiger partial charge is 0.453 e. The number of anilines is 1. The molecular formula is C29H38N2O7. The fraction of sp³-hybridized carbons (Fsp3) is 0.517. The Hall–Kier alpha value is -2.82. The van der Waals surface area contributed by atoms with Crippen molar-refractivity contribution in [2.75, 3.05) is 25.0 Å². The maximum Gasteiger partial charge on any atom is 0.303 e. The Kier molecular flexibility index (Phi) is 9.51. The number of ether oxygens (including phenoxy) is 3. The molecule has 1 amide bonds. The number of nitrogens with zero attached hydrogens (tertiary/aromatic N) is 1. The first-order chi connectivity index (χ1) is 18.3. The van der Waals surface area contributed by atoms with Crippen molar-refractivity contribution >= 4 is 17.6 Å². The van der Waals surface area contributed by atoms with E-state index in [1.807, 2.05) is 36.4 Å². The van der Waals surface area contributed by atoms with Gasteiger partial charge in [-0.1, -0.05) is 43.3 Å². The van der Waals surface area contributed by atoms with Crippen LogP contribution in [-0.4, -0.2) is 64.9 Å². The monoisotopic (exact) mass is 526 g/mol. The van der Waals surface area contributed by atoms with Gasteiger partial charge in [0.2, 0.25) is 0 Å². The first kappa shape index (κ1) is 28.2. The maximum atomic E-state index is 12.3. The van der Waals surface area contributed by atoms with Gasteiger partial charge in [0.15, 0.2) is 12.4 Å². The summed E-state index contributed by atoms with van der Waals surface area (Å²) in [5.41, 5.74) is 3.23. The maximum absolute atomic E-state index is 12.3. The van der Waals surface area contributed by atoms with E-state index in [0.29, 0.717) is 12.2 Å². The number of hydrogen-bond donors (Lipinski definition) is 3. The third kappa shape index (κ3) is 6.78. The third-order valence-corrected chi connectivity index (χ3v) is 7.41. The van der Waals surface area contributed by atoms with E-state index in [1.54, 1.807) is 12.1 Å². The van der Waals surface area contributed by atoms with E-state index in [4.69, 9.17) is 14.2 Å². The van der Waals surface area contributed by atoms with Crippen LogP contribution < -0.4 is 5.32 Å². The van der Waals surface area contributed by atoms with Gasteiger partial charge < -0.3 is 29.7 Å². The van der Waals surface area contributed by atoms with Gasteiger partial charge in [-0.15, -0.1) is 0 Å².